The maximum atomic E-state index is 8.78. The van der Waals surface area contributed by atoms with Crippen LogP contribution < -0.4 is 5.73 Å². The van der Waals surface area contributed by atoms with E-state index in [4.69, 9.17) is 9.90 Å². The van der Waals surface area contributed by atoms with Gasteiger partial charge in [-0.25, -0.2) is 4.79 Å². The SMILES string of the molecule is BrC(Br)(Br)CC1CCCCC1.NC(=O)O. The zero-order valence-electron chi connectivity index (χ0n) is 8.39. The molecule has 1 amide bonds. The second-order valence-electron chi connectivity index (χ2n) is 3.66. The number of rotatable bonds is 1. The minimum absolute atomic E-state index is 0.00495. The molecule has 0 spiro atoms. The maximum Gasteiger partial charge on any atom is 0.402 e. The molecule has 1 aliphatic rings. The third-order valence-electron chi connectivity index (χ3n) is 2.24. The van der Waals surface area contributed by atoms with Gasteiger partial charge < -0.3 is 10.8 Å². The average molecular weight is 410 g/mol. The van der Waals surface area contributed by atoms with Crippen molar-refractivity contribution in [1.82, 2.24) is 0 Å². The van der Waals surface area contributed by atoms with E-state index in [9.17, 15) is 0 Å². The minimum atomic E-state index is -1.33. The summed E-state index contributed by atoms with van der Waals surface area (Å²) in [7, 11) is 0. The molecule has 6 heteroatoms. The molecule has 0 unspecified atom stereocenters. The first kappa shape index (κ1) is 15.7. The first-order valence-electron chi connectivity index (χ1n) is 4.86. The van der Waals surface area contributed by atoms with Crippen molar-refractivity contribution in [3.8, 4) is 0 Å². The Hall–Kier alpha value is 0.710. The molecule has 0 aromatic heterocycles. The van der Waals surface area contributed by atoms with E-state index in [0.717, 1.165) is 5.92 Å². The van der Waals surface area contributed by atoms with E-state index in [1.807, 2.05) is 0 Å². The van der Waals surface area contributed by atoms with Crippen LogP contribution >= 0.6 is 47.8 Å². The Morgan fingerprint density at radius 1 is 1.27 bits per heavy atom. The van der Waals surface area contributed by atoms with Crippen molar-refractivity contribution >= 4 is 53.9 Å². The smallest absolute Gasteiger partial charge is 0.402 e. The van der Waals surface area contributed by atoms with Gasteiger partial charge in [-0.05, 0) is 12.3 Å². The summed E-state index contributed by atoms with van der Waals surface area (Å²) < 4.78 is -0.00495. The number of alkyl halides is 3. The van der Waals surface area contributed by atoms with Crippen LogP contribution in [0.2, 0.25) is 0 Å². The van der Waals surface area contributed by atoms with Gasteiger partial charge in [-0.3, -0.25) is 0 Å². The fourth-order valence-corrected chi connectivity index (χ4v) is 3.09. The number of carbonyl (C=O) groups is 1. The number of hydrogen-bond donors (Lipinski definition) is 2. The van der Waals surface area contributed by atoms with Crippen LogP contribution in [-0.4, -0.2) is 13.3 Å². The van der Waals surface area contributed by atoms with E-state index in [2.05, 4.69) is 53.5 Å². The fraction of sp³-hybridized carbons (Fsp3) is 0.889. The van der Waals surface area contributed by atoms with Gasteiger partial charge in [0.25, 0.3) is 0 Å². The first-order valence-corrected chi connectivity index (χ1v) is 7.24. The summed E-state index contributed by atoms with van der Waals surface area (Å²) >= 11 is 10.6. The summed E-state index contributed by atoms with van der Waals surface area (Å²) in [6.45, 7) is 0. The Morgan fingerprint density at radius 3 is 2.00 bits per heavy atom. The summed E-state index contributed by atoms with van der Waals surface area (Å²) in [5.74, 6) is 0.905. The third-order valence-corrected chi connectivity index (χ3v) is 3.22. The van der Waals surface area contributed by atoms with E-state index in [1.165, 1.54) is 38.5 Å². The van der Waals surface area contributed by atoms with Crippen LogP contribution in [0.5, 0.6) is 0 Å². The van der Waals surface area contributed by atoms with Crippen molar-refractivity contribution in [2.75, 3.05) is 0 Å². The van der Waals surface area contributed by atoms with E-state index < -0.39 is 6.09 Å². The van der Waals surface area contributed by atoms with Gasteiger partial charge in [-0.15, -0.1) is 0 Å². The molecule has 0 saturated heterocycles. The standard InChI is InChI=1S/C8H13Br3.CH3NO2/c9-8(10,11)6-7-4-2-1-3-5-7;2-1(3)4/h7H,1-6H2;2H2,(H,3,4). The Morgan fingerprint density at radius 2 is 1.67 bits per heavy atom. The molecule has 3 nitrogen and oxygen atoms in total. The summed E-state index contributed by atoms with van der Waals surface area (Å²) in [6, 6.07) is 0. The van der Waals surface area contributed by atoms with Gasteiger partial charge in [0.2, 0.25) is 0 Å². The van der Waals surface area contributed by atoms with E-state index >= 15 is 0 Å². The molecule has 0 heterocycles. The molecule has 0 bridgehead atoms. The third kappa shape index (κ3) is 12.6. The average Bonchev–Trinajstić information content (AvgIpc) is 2.01. The largest absolute Gasteiger partial charge is 0.465 e. The van der Waals surface area contributed by atoms with Crippen LogP contribution in [-0.2, 0) is 0 Å². The van der Waals surface area contributed by atoms with Crippen molar-refractivity contribution < 1.29 is 9.90 Å². The number of amides is 1. The molecule has 1 rings (SSSR count). The predicted octanol–water partition coefficient (Wildman–Crippen LogP) is 4.42. The molecule has 1 aliphatic carbocycles. The van der Waals surface area contributed by atoms with Crippen LogP contribution in [0.25, 0.3) is 0 Å². The normalized spacial score (nSPS) is 17.8. The molecule has 15 heavy (non-hydrogen) atoms. The van der Waals surface area contributed by atoms with Crippen molar-refractivity contribution in [3.63, 3.8) is 0 Å². The van der Waals surface area contributed by atoms with Crippen molar-refractivity contribution in [1.29, 1.82) is 0 Å². The Labute approximate surface area is 116 Å². The summed E-state index contributed by atoms with van der Waals surface area (Å²) in [4.78, 5) is 8.78. The molecule has 1 fully saturated rings. The molecular formula is C9H16Br3NO2. The van der Waals surface area contributed by atoms with Gasteiger partial charge >= 0.3 is 6.09 Å². The van der Waals surface area contributed by atoms with Crippen LogP contribution in [0.15, 0.2) is 0 Å². The van der Waals surface area contributed by atoms with Gasteiger partial charge in [-0.2, -0.15) is 0 Å². The highest BCUT2D eigenvalue weighted by atomic mass is 80.0. The van der Waals surface area contributed by atoms with Gasteiger partial charge in [0, 0.05) is 0 Å². The van der Waals surface area contributed by atoms with E-state index in [0.29, 0.717) is 0 Å². The number of nitrogens with two attached hydrogens (primary N) is 1. The zero-order valence-corrected chi connectivity index (χ0v) is 13.1. The molecule has 0 atom stereocenters. The summed E-state index contributed by atoms with van der Waals surface area (Å²) in [5, 5.41) is 7.19. The predicted molar refractivity (Wildman–Crippen MR) is 72.9 cm³/mol. The quantitative estimate of drug-likeness (QED) is 0.630. The second kappa shape index (κ2) is 7.90. The molecule has 90 valence electrons. The topological polar surface area (TPSA) is 63.3 Å². The lowest BCUT2D eigenvalue weighted by Gasteiger charge is -2.25. The highest BCUT2D eigenvalue weighted by Gasteiger charge is 2.24. The molecular weight excluding hydrogens is 394 g/mol. The van der Waals surface area contributed by atoms with Crippen molar-refractivity contribution in [2.45, 2.75) is 40.7 Å². The molecule has 0 aliphatic heterocycles. The number of hydrogen-bond acceptors (Lipinski definition) is 1. The Balaban J connectivity index is 0.000000423. The van der Waals surface area contributed by atoms with E-state index in [1.54, 1.807) is 0 Å². The zero-order chi connectivity index (χ0) is 11.9. The maximum absolute atomic E-state index is 8.78. The van der Waals surface area contributed by atoms with Crippen LogP contribution in [0, 0.1) is 5.92 Å². The highest BCUT2D eigenvalue weighted by Crippen LogP contribution is 2.43. The van der Waals surface area contributed by atoms with Crippen LogP contribution in [0.1, 0.15) is 38.5 Å². The fourth-order valence-electron chi connectivity index (χ4n) is 1.72. The van der Waals surface area contributed by atoms with Crippen molar-refractivity contribution in [2.24, 2.45) is 11.7 Å². The van der Waals surface area contributed by atoms with Gasteiger partial charge in [0.15, 0.2) is 0 Å². The highest BCUT2D eigenvalue weighted by molar-refractivity contribution is 9.39. The summed E-state index contributed by atoms with van der Waals surface area (Å²) in [5.41, 5.74) is 4.03. The minimum Gasteiger partial charge on any atom is -0.465 e. The van der Waals surface area contributed by atoms with Gasteiger partial charge in [-0.1, -0.05) is 79.9 Å². The number of carboxylic acid groups (broad SMARTS) is 1. The first-order chi connectivity index (χ1) is 6.81. The van der Waals surface area contributed by atoms with Crippen molar-refractivity contribution in [3.05, 3.63) is 0 Å². The lowest BCUT2D eigenvalue weighted by molar-refractivity contribution is 0.205. The lowest BCUT2D eigenvalue weighted by atomic mass is 9.88. The Bertz CT molecular complexity index is 184. The monoisotopic (exact) mass is 407 g/mol. The molecule has 0 radical (unpaired) electrons. The summed E-state index contributed by atoms with van der Waals surface area (Å²) in [6.07, 6.45) is 6.96. The molecule has 0 aromatic rings. The van der Waals surface area contributed by atoms with Gasteiger partial charge in [0.1, 0.15) is 2.14 Å². The van der Waals surface area contributed by atoms with Gasteiger partial charge in [0.05, 0.1) is 0 Å². The van der Waals surface area contributed by atoms with Crippen LogP contribution in [0.3, 0.4) is 0 Å². The Kier molecular flexibility index (Phi) is 8.27. The number of primary amides is 1. The molecule has 3 N–H and O–H groups in total. The lowest BCUT2D eigenvalue weighted by Crippen LogP contribution is -2.13. The molecule has 1 saturated carbocycles. The van der Waals surface area contributed by atoms with E-state index in [-0.39, 0.29) is 2.14 Å². The molecule has 0 aromatic carbocycles. The second-order valence-corrected chi connectivity index (χ2v) is 10.9. The number of halogens is 3. The van der Waals surface area contributed by atoms with Crippen LogP contribution in [0.4, 0.5) is 4.79 Å².